The molecule has 8 heteroatoms. The number of nitrogens with one attached hydrogen (secondary N) is 1. The highest BCUT2D eigenvalue weighted by Crippen LogP contribution is 2.31. The molecule has 1 aliphatic rings. The first-order valence-corrected chi connectivity index (χ1v) is 11.4. The fourth-order valence-electron chi connectivity index (χ4n) is 4.26. The number of benzene rings is 2. The molecule has 0 aliphatic heterocycles. The van der Waals surface area contributed by atoms with Crippen LogP contribution in [0.25, 0.3) is 0 Å². The number of carbonyl (C=O) groups is 2. The van der Waals surface area contributed by atoms with Crippen LogP contribution in [0.15, 0.2) is 67.3 Å². The topological polar surface area (TPSA) is 84.4 Å². The number of rotatable bonds is 7. The molecule has 4 rings (SSSR count). The molecule has 1 fully saturated rings. The first kappa shape index (κ1) is 23.4. The lowest BCUT2D eigenvalue weighted by Gasteiger charge is -2.33. The summed E-state index contributed by atoms with van der Waals surface area (Å²) < 4.78 is 19.0. The Kier molecular flexibility index (Phi) is 7.47. The Bertz CT molecular complexity index is 1100. The lowest BCUT2D eigenvalue weighted by molar-refractivity contribution is -0.123. The van der Waals surface area contributed by atoms with Crippen LogP contribution in [0.5, 0.6) is 5.75 Å². The van der Waals surface area contributed by atoms with Gasteiger partial charge < -0.3 is 10.1 Å². The van der Waals surface area contributed by atoms with Gasteiger partial charge in [-0.1, -0.05) is 31.4 Å². The molecule has 1 aliphatic carbocycles. The van der Waals surface area contributed by atoms with Crippen LogP contribution in [0.3, 0.4) is 0 Å². The lowest BCUT2D eigenvalue weighted by atomic mass is 9.94. The van der Waals surface area contributed by atoms with E-state index in [-0.39, 0.29) is 17.5 Å². The summed E-state index contributed by atoms with van der Waals surface area (Å²) in [5.41, 5.74) is 1.20. The Hall–Kier alpha value is -3.81. The Morgan fingerprint density at radius 3 is 2.26 bits per heavy atom. The highest BCUT2D eigenvalue weighted by Gasteiger charge is 2.35. The van der Waals surface area contributed by atoms with E-state index < -0.39 is 17.8 Å². The van der Waals surface area contributed by atoms with Gasteiger partial charge in [-0.25, -0.2) is 14.4 Å². The summed E-state index contributed by atoms with van der Waals surface area (Å²) >= 11 is 0. The van der Waals surface area contributed by atoms with Crippen molar-refractivity contribution in [2.75, 3.05) is 12.0 Å². The first-order valence-electron chi connectivity index (χ1n) is 11.4. The third-order valence-corrected chi connectivity index (χ3v) is 6.02. The number of anilines is 1. The molecule has 1 N–H and O–H groups in total. The molecular weight excluding hydrogens is 435 g/mol. The van der Waals surface area contributed by atoms with Gasteiger partial charge in [-0.2, -0.15) is 0 Å². The molecule has 0 spiro atoms. The molecule has 2 aromatic carbocycles. The van der Waals surface area contributed by atoms with Gasteiger partial charge in [0.25, 0.3) is 5.91 Å². The smallest absolute Gasteiger partial charge is 0.262 e. The molecule has 1 atom stereocenters. The molecule has 3 aromatic rings. The maximum absolute atomic E-state index is 13.7. The summed E-state index contributed by atoms with van der Waals surface area (Å²) in [6.45, 7) is 0. The number of nitrogens with zero attached hydrogens (tertiary/aromatic N) is 3. The quantitative estimate of drug-likeness (QED) is 0.560. The van der Waals surface area contributed by atoms with Gasteiger partial charge in [0.1, 0.15) is 23.9 Å². The largest absolute Gasteiger partial charge is 0.497 e. The van der Waals surface area contributed by atoms with Crippen LogP contribution in [0.1, 0.15) is 54.1 Å². The summed E-state index contributed by atoms with van der Waals surface area (Å²) in [6.07, 6.45) is 9.20. The van der Waals surface area contributed by atoms with Crippen molar-refractivity contribution in [3.05, 3.63) is 84.2 Å². The van der Waals surface area contributed by atoms with Crippen LogP contribution in [0.2, 0.25) is 0 Å². The van der Waals surface area contributed by atoms with Crippen molar-refractivity contribution in [2.45, 2.75) is 44.2 Å². The van der Waals surface area contributed by atoms with E-state index in [1.807, 2.05) is 0 Å². The second-order valence-corrected chi connectivity index (χ2v) is 8.30. The van der Waals surface area contributed by atoms with Crippen LogP contribution in [-0.4, -0.2) is 34.9 Å². The standard InChI is InChI=1S/C26H27FN4O3/c1-34-23-13-7-18(8-14-23)24(25(32)30-21-5-3-2-4-6-21)31(22-11-9-20(27)10-12-22)26(33)19-15-28-17-29-16-19/h7-17,21,24H,2-6H2,1H3,(H,30,32). The third kappa shape index (κ3) is 5.39. The highest BCUT2D eigenvalue weighted by atomic mass is 19.1. The van der Waals surface area contributed by atoms with Crippen LogP contribution in [0.4, 0.5) is 10.1 Å². The molecule has 0 saturated heterocycles. The number of amides is 2. The number of ether oxygens (including phenoxy) is 1. The average Bonchev–Trinajstić information content (AvgIpc) is 2.89. The van der Waals surface area contributed by atoms with Gasteiger partial charge in [0.05, 0.1) is 12.7 Å². The zero-order valence-electron chi connectivity index (χ0n) is 19.0. The van der Waals surface area contributed by atoms with E-state index in [9.17, 15) is 14.0 Å². The second kappa shape index (κ2) is 10.9. The molecule has 176 valence electrons. The molecule has 1 aromatic heterocycles. The van der Waals surface area contributed by atoms with Crippen LogP contribution >= 0.6 is 0 Å². The summed E-state index contributed by atoms with van der Waals surface area (Å²) in [6, 6.07) is 11.6. The Morgan fingerprint density at radius 1 is 1.00 bits per heavy atom. The molecule has 0 radical (unpaired) electrons. The van der Waals surface area contributed by atoms with Crippen LogP contribution < -0.4 is 15.0 Å². The minimum Gasteiger partial charge on any atom is -0.497 e. The maximum Gasteiger partial charge on any atom is 0.262 e. The summed E-state index contributed by atoms with van der Waals surface area (Å²) in [7, 11) is 1.56. The number of halogens is 1. The van der Waals surface area contributed by atoms with Crippen molar-refractivity contribution >= 4 is 17.5 Å². The van der Waals surface area contributed by atoms with E-state index in [1.165, 1.54) is 47.9 Å². The van der Waals surface area contributed by atoms with Gasteiger partial charge in [0.2, 0.25) is 5.91 Å². The van der Waals surface area contributed by atoms with E-state index in [0.717, 1.165) is 32.1 Å². The highest BCUT2D eigenvalue weighted by molar-refractivity contribution is 6.09. The van der Waals surface area contributed by atoms with E-state index in [1.54, 1.807) is 31.4 Å². The number of aromatic nitrogens is 2. The lowest BCUT2D eigenvalue weighted by Crippen LogP contribution is -2.47. The monoisotopic (exact) mass is 462 g/mol. The molecule has 0 bridgehead atoms. The van der Waals surface area contributed by atoms with E-state index >= 15 is 0 Å². The summed E-state index contributed by atoms with van der Waals surface area (Å²) in [5.74, 6) is -0.573. The number of carbonyl (C=O) groups excluding carboxylic acids is 2. The first-order chi connectivity index (χ1) is 16.6. The van der Waals surface area contributed by atoms with E-state index in [2.05, 4.69) is 15.3 Å². The van der Waals surface area contributed by atoms with Crippen molar-refractivity contribution in [1.29, 1.82) is 0 Å². The van der Waals surface area contributed by atoms with E-state index in [0.29, 0.717) is 17.0 Å². The van der Waals surface area contributed by atoms with E-state index in [4.69, 9.17) is 4.74 Å². The van der Waals surface area contributed by atoms with Gasteiger partial charge in [0, 0.05) is 24.1 Å². The number of hydrogen-bond donors (Lipinski definition) is 1. The van der Waals surface area contributed by atoms with Gasteiger partial charge in [0.15, 0.2) is 0 Å². The van der Waals surface area contributed by atoms with Crippen molar-refractivity contribution in [3.8, 4) is 5.75 Å². The Labute approximate surface area is 198 Å². The maximum atomic E-state index is 13.7. The number of methoxy groups -OCH3 is 1. The van der Waals surface area contributed by atoms with Gasteiger partial charge in [-0.15, -0.1) is 0 Å². The van der Waals surface area contributed by atoms with Crippen molar-refractivity contribution in [2.24, 2.45) is 0 Å². The zero-order chi connectivity index (χ0) is 23.9. The van der Waals surface area contributed by atoms with Crippen LogP contribution in [-0.2, 0) is 4.79 Å². The molecular formula is C26H27FN4O3. The molecule has 1 heterocycles. The fourth-order valence-corrected chi connectivity index (χ4v) is 4.26. The minimum absolute atomic E-state index is 0.0484. The second-order valence-electron chi connectivity index (χ2n) is 8.30. The van der Waals surface area contributed by atoms with Gasteiger partial charge >= 0.3 is 0 Å². The van der Waals surface area contributed by atoms with Crippen molar-refractivity contribution in [3.63, 3.8) is 0 Å². The Morgan fingerprint density at radius 2 is 1.65 bits per heavy atom. The molecule has 7 nitrogen and oxygen atoms in total. The molecule has 34 heavy (non-hydrogen) atoms. The predicted molar refractivity (Wildman–Crippen MR) is 126 cm³/mol. The third-order valence-electron chi connectivity index (χ3n) is 6.02. The van der Waals surface area contributed by atoms with Gasteiger partial charge in [-0.3, -0.25) is 14.5 Å². The van der Waals surface area contributed by atoms with Crippen molar-refractivity contribution < 1.29 is 18.7 Å². The SMILES string of the molecule is COc1ccc(C(C(=O)NC2CCCCC2)N(C(=O)c2cncnc2)c2ccc(F)cc2)cc1. The minimum atomic E-state index is -0.994. The summed E-state index contributed by atoms with van der Waals surface area (Å²) in [4.78, 5) is 36.7. The number of hydrogen-bond acceptors (Lipinski definition) is 5. The molecule has 1 saturated carbocycles. The zero-order valence-corrected chi connectivity index (χ0v) is 19.0. The molecule has 1 unspecified atom stereocenters. The fraction of sp³-hybridized carbons (Fsp3) is 0.308. The normalized spacial score (nSPS) is 14.8. The summed E-state index contributed by atoms with van der Waals surface area (Å²) in [5, 5.41) is 3.14. The molecule has 2 amide bonds. The predicted octanol–water partition coefficient (Wildman–Crippen LogP) is 4.46. The average molecular weight is 463 g/mol. The van der Waals surface area contributed by atoms with Gasteiger partial charge in [-0.05, 0) is 54.8 Å². The van der Waals surface area contributed by atoms with Crippen molar-refractivity contribution in [1.82, 2.24) is 15.3 Å². The van der Waals surface area contributed by atoms with Crippen LogP contribution in [0, 0.1) is 5.82 Å². The Balaban J connectivity index is 1.79.